The molecule has 2 unspecified atom stereocenters. The predicted molar refractivity (Wildman–Crippen MR) is 110 cm³/mol. The highest BCUT2D eigenvalue weighted by molar-refractivity contribution is 5.76. The summed E-state index contributed by atoms with van der Waals surface area (Å²) in [6, 6.07) is 0. The zero-order chi connectivity index (χ0) is 18.6. The van der Waals surface area contributed by atoms with Crippen molar-refractivity contribution in [1.29, 1.82) is 0 Å². The lowest BCUT2D eigenvalue weighted by atomic mass is 9.49. The van der Waals surface area contributed by atoms with Crippen molar-refractivity contribution < 1.29 is 4.79 Å². The summed E-state index contributed by atoms with van der Waals surface area (Å²) in [5.74, 6) is 7.34. The molecule has 0 aromatic rings. The van der Waals surface area contributed by atoms with Crippen molar-refractivity contribution in [3.63, 3.8) is 0 Å². The van der Waals surface area contributed by atoms with Gasteiger partial charge in [0.2, 0.25) is 5.91 Å². The lowest BCUT2D eigenvalue weighted by Gasteiger charge is -2.56. The number of nitrogens with zero attached hydrogens (tertiary/aromatic N) is 1. The molecule has 27 heavy (non-hydrogen) atoms. The fourth-order valence-corrected chi connectivity index (χ4v) is 8.82. The standard InChI is InChI=1S/C25H41NO/c1-17-6-9-20-18(15-17)7-10-22-21(20)12-13-25(2)19(8-11-23(22)25)16-26-14-4-3-5-24(26)27/h17-23H,3-16H2,1-2H3/t17-,18+,19+,20-,21?,22+,23?,25+/m0/s1. The first-order valence-corrected chi connectivity index (χ1v) is 12.3. The summed E-state index contributed by atoms with van der Waals surface area (Å²) in [6.45, 7) is 7.23. The second kappa shape index (κ2) is 7.06. The van der Waals surface area contributed by atoms with Gasteiger partial charge in [0.15, 0.2) is 0 Å². The van der Waals surface area contributed by atoms with Crippen molar-refractivity contribution in [3.8, 4) is 0 Å². The topological polar surface area (TPSA) is 20.3 Å². The van der Waals surface area contributed by atoms with Gasteiger partial charge in [0.05, 0.1) is 0 Å². The van der Waals surface area contributed by atoms with Crippen molar-refractivity contribution >= 4 is 5.91 Å². The zero-order valence-corrected chi connectivity index (χ0v) is 17.8. The molecule has 5 aliphatic rings. The molecule has 0 aromatic heterocycles. The van der Waals surface area contributed by atoms with Crippen LogP contribution in [0.15, 0.2) is 0 Å². The molecular weight excluding hydrogens is 330 g/mol. The molecule has 2 nitrogen and oxygen atoms in total. The van der Waals surface area contributed by atoms with Crippen LogP contribution < -0.4 is 0 Å². The van der Waals surface area contributed by atoms with E-state index in [4.69, 9.17) is 0 Å². The Morgan fingerprint density at radius 3 is 2.67 bits per heavy atom. The Kier molecular flexibility index (Phi) is 4.84. The number of hydrogen-bond donors (Lipinski definition) is 0. The Labute approximate surface area is 166 Å². The Bertz CT molecular complexity index is 573. The maximum atomic E-state index is 12.4. The highest BCUT2D eigenvalue weighted by Crippen LogP contribution is 2.64. The van der Waals surface area contributed by atoms with Gasteiger partial charge in [-0.2, -0.15) is 0 Å². The van der Waals surface area contributed by atoms with E-state index in [1.807, 2.05) is 0 Å². The minimum absolute atomic E-state index is 0.443. The van der Waals surface area contributed by atoms with Crippen molar-refractivity contribution in [3.05, 3.63) is 0 Å². The zero-order valence-electron chi connectivity index (χ0n) is 17.8. The van der Waals surface area contributed by atoms with Crippen molar-refractivity contribution in [2.24, 2.45) is 46.8 Å². The molecule has 0 N–H and O–H groups in total. The quantitative estimate of drug-likeness (QED) is 0.591. The van der Waals surface area contributed by atoms with E-state index < -0.39 is 0 Å². The highest BCUT2D eigenvalue weighted by atomic mass is 16.2. The van der Waals surface area contributed by atoms with Gasteiger partial charge in [-0.15, -0.1) is 0 Å². The average molecular weight is 372 g/mol. The number of fused-ring (bicyclic) bond motifs is 5. The minimum Gasteiger partial charge on any atom is -0.342 e. The van der Waals surface area contributed by atoms with Gasteiger partial charge in [-0.25, -0.2) is 0 Å². The fourth-order valence-electron chi connectivity index (χ4n) is 8.82. The van der Waals surface area contributed by atoms with E-state index in [1.54, 1.807) is 0 Å². The molecule has 2 heteroatoms. The van der Waals surface area contributed by atoms with E-state index in [-0.39, 0.29) is 0 Å². The van der Waals surface area contributed by atoms with Crippen LogP contribution in [0.2, 0.25) is 0 Å². The summed E-state index contributed by atoms with van der Waals surface area (Å²) in [4.78, 5) is 14.6. The van der Waals surface area contributed by atoms with Crippen LogP contribution in [-0.4, -0.2) is 23.9 Å². The Morgan fingerprint density at radius 1 is 0.963 bits per heavy atom. The summed E-state index contributed by atoms with van der Waals surface area (Å²) in [5.41, 5.74) is 0.522. The number of piperidine rings is 1. The average Bonchev–Trinajstić information content (AvgIpc) is 2.99. The van der Waals surface area contributed by atoms with Gasteiger partial charge in [0, 0.05) is 19.5 Å². The summed E-state index contributed by atoms with van der Waals surface area (Å²) in [6.07, 6.45) is 16.5. The van der Waals surface area contributed by atoms with Crippen LogP contribution in [0, 0.1) is 46.8 Å². The molecule has 152 valence electrons. The van der Waals surface area contributed by atoms with Crippen LogP contribution in [-0.2, 0) is 4.79 Å². The number of amides is 1. The van der Waals surface area contributed by atoms with E-state index in [0.717, 1.165) is 67.4 Å². The molecular formula is C25H41NO. The van der Waals surface area contributed by atoms with E-state index >= 15 is 0 Å². The predicted octanol–water partition coefficient (Wildman–Crippen LogP) is 5.90. The molecule has 1 aliphatic heterocycles. The van der Waals surface area contributed by atoms with Crippen LogP contribution in [0.3, 0.4) is 0 Å². The lowest BCUT2D eigenvalue weighted by Crippen LogP contribution is -2.50. The largest absolute Gasteiger partial charge is 0.342 e. The number of carbonyl (C=O) groups excluding carboxylic acids is 1. The van der Waals surface area contributed by atoms with Gasteiger partial charge in [-0.1, -0.05) is 20.3 Å². The monoisotopic (exact) mass is 371 g/mol. The summed E-state index contributed by atoms with van der Waals surface area (Å²) >= 11 is 0. The van der Waals surface area contributed by atoms with E-state index in [0.29, 0.717) is 11.3 Å². The van der Waals surface area contributed by atoms with E-state index in [9.17, 15) is 4.79 Å². The molecule has 0 aromatic carbocycles. The van der Waals surface area contributed by atoms with Crippen molar-refractivity contribution in [2.45, 2.75) is 90.9 Å². The van der Waals surface area contributed by atoms with Gasteiger partial charge in [-0.05, 0) is 111 Å². The Balaban J connectivity index is 1.30. The third kappa shape index (κ3) is 3.08. The molecule has 5 fully saturated rings. The van der Waals surface area contributed by atoms with Crippen molar-refractivity contribution in [2.75, 3.05) is 13.1 Å². The van der Waals surface area contributed by atoms with Gasteiger partial charge < -0.3 is 4.90 Å². The van der Waals surface area contributed by atoms with Gasteiger partial charge in [-0.3, -0.25) is 4.79 Å². The van der Waals surface area contributed by atoms with Crippen LogP contribution in [0.5, 0.6) is 0 Å². The third-order valence-electron chi connectivity index (χ3n) is 10.3. The lowest BCUT2D eigenvalue weighted by molar-refractivity contribution is -0.135. The molecule has 4 saturated carbocycles. The van der Waals surface area contributed by atoms with Gasteiger partial charge in [0.25, 0.3) is 0 Å². The first-order valence-electron chi connectivity index (χ1n) is 12.3. The highest BCUT2D eigenvalue weighted by Gasteiger charge is 2.57. The summed E-state index contributed by atoms with van der Waals surface area (Å²) in [7, 11) is 0. The summed E-state index contributed by atoms with van der Waals surface area (Å²) < 4.78 is 0. The molecule has 8 atom stereocenters. The smallest absolute Gasteiger partial charge is 0.222 e. The number of hydrogen-bond acceptors (Lipinski definition) is 1. The molecule has 1 saturated heterocycles. The Morgan fingerprint density at radius 2 is 1.81 bits per heavy atom. The first kappa shape index (κ1) is 18.5. The van der Waals surface area contributed by atoms with E-state index in [2.05, 4.69) is 18.7 Å². The van der Waals surface area contributed by atoms with Crippen LogP contribution >= 0.6 is 0 Å². The van der Waals surface area contributed by atoms with Gasteiger partial charge >= 0.3 is 0 Å². The maximum Gasteiger partial charge on any atom is 0.222 e. The molecule has 1 heterocycles. The second-order valence-electron chi connectivity index (χ2n) is 11.5. The SMILES string of the molecule is C[C@H]1CC[C@@H]2C3CC[C@@]4(C)C(CC[C@@H]4CN4CCCCC4=O)[C@@H]3CC[C@@H]2C1. The minimum atomic E-state index is 0.443. The molecule has 0 spiro atoms. The summed E-state index contributed by atoms with van der Waals surface area (Å²) in [5, 5.41) is 0. The van der Waals surface area contributed by atoms with Crippen LogP contribution in [0.1, 0.15) is 90.9 Å². The van der Waals surface area contributed by atoms with Crippen molar-refractivity contribution in [1.82, 2.24) is 4.90 Å². The first-order chi connectivity index (χ1) is 13.1. The Hall–Kier alpha value is -0.530. The number of rotatable bonds is 2. The second-order valence-corrected chi connectivity index (χ2v) is 11.5. The molecule has 0 radical (unpaired) electrons. The number of carbonyl (C=O) groups is 1. The molecule has 0 bridgehead atoms. The third-order valence-corrected chi connectivity index (χ3v) is 10.3. The normalized spacial score (nSPS) is 50.1. The molecule has 1 amide bonds. The maximum absolute atomic E-state index is 12.4. The molecule has 5 rings (SSSR count). The van der Waals surface area contributed by atoms with E-state index in [1.165, 1.54) is 64.2 Å². The van der Waals surface area contributed by atoms with Crippen LogP contribution in [0.25, 0.3) is 0 Å². The number of likely N-dealkylation sites (tertiary alicyclic amines) is 1. The van der Waals surface area contributed by atoms with Crippen LogP contribution in [0.4, 0.5) is 0 Å². The fraction of sp³-hybridized carbons (Fsp3) is 0.960. The molecule has 4 aliphatic carbocycles. The van der Waals surface area contributed by atoms with Gasteiger partial charge in [0.1, 0.15) is 0 Å².